The summed E-state index contributed by atoms with van der Waals surface area (Å²) in [5, 5.41) is 9.52. The third kappa shape index (κ3) is 2.78. The highest BCUT2D eigenvalue weighted by Gasteiger charge is 2.12. The van der Waals surface area contributed by atoms with Gasteiger partial charge >= 0.3 is 0 Å². The number of hydrogen-bond donors (Lipinski definition) is 1. The summed E-state index contributed by atoms with van der Waals surface area (Å²) in [6, 6.07) is 12.9. The third-order valence-electron chi connectivity index (χ3n) is 4.03. The predicted molar refractivity (Wildman–Crippen MR) is 95.9 cm³/mol. The lowest BCUT2D eigenvalue weighted by Gasteiger charge is -2.19. The lowest BCUT2D eigenvalue weighted by atomic mass is 10.2. The Morgan fingerprint density at radius 3 is 2.56 bits per heavy atom. The molecule has 0 atom stereocenters. The van der Waals surface area contributed by atoms with Gasteiger partial charge in [-0.2, -0.15) is 0 Å². The minimum atomic E-state index is 0.140. The van der Waals surface area contributed by atoms with Crippen LogP contribution in [0.5, 0.6) is 5.75 Å². The molecule has 0 bridgehead atoms. The molecule has 0 aliphatic heterocycles. The monoisotopic (exact) mass is 332 g/mol. The molecule has 2 aromatic heterocycles. The smallest absolute Gasteiger partial charge is 0.230 e. The van der Waals surface area contributed by atoms with Gasteiger partial charge in [-0.25, -0.2) is 15.0 Å². The van der Waals surface area contributed by atoms with Crippen LogP contribution in [0.1, 0.15) is 5.56 Å². The normalized spacial score (nSPS) is 11.0. The lowest BCUT2D eigenvalue weighted by molar-refractivity contribution is 0.474. The number of phenols is 1. The molecule has 0 fully saturated rings. The maximum Gasteiger partial charge on any atom is 0.230 e. The molecular formula is C19H16N4O2. The quantitative estimate of drug-likeness (QED) is 0.609. The van der Waals surface area contributed by atoms with E-state index in [1.807, 2.05) is 43.1 Å². The number of oxazole rings is 1. The molecule has 2 aromatic carbocycles. The number of nitrogens with zero attached hydrogens (tertiary/aromatic N) is 4. The standard InChI is InChI=1S/C19H16N4O2/c1-12-5-3-4-6-16(12)23(2)19-20-10-13(11-21-19)18-22-15-8-7-14(24)9-17(15)25-18/h3-11,24H,1-2H3. The van der Waals surface area contributed by atoms with Crippen molar-refractivity contribution in [2.75, 3.05) is 11.9 Å². The first-order valence-corrected chi connectivity index (χ1v) is 7.83. The Hall–Kier alpha value is -3.41. The topological polar surface area (TPSA) is 75.3 Å². The van der Waals surface area contributed by atoms with Crippen LogP contribution in [0.2, 0.25) is 0 Å². The summed E-state index contributed by atoms with van der Waals surface area (Å²) < 4.78 is 5.67. The highest BCUT2D eigenvalue weighted by Crippen LogP contribution is 2.28. The zero-order valence-corrected chi connectivity index (χ0v) is 13.8. The van der Waals surface area contributed by atoms with Gasteiger partial charge in [0.2, 0.25) is 11.8 Å². The third-order valence-corrected chi connectivity index (χ3v) is 4.03. The highest BCUT2D eigenvalue weighted by molar-refractivity contribution is 5.77. The van der Waals surface area contributed by atoms with E-state index < -0.39 is 0 Å². The van der Waals surface area contributed by atoms with Crippen LogP contribution < -0.4 is 4.90 Å². The number of aromatic hydroxyl groups is 1. The summed E-state index contributed by atoms with van der Waals surface area (Å²) in [6.07, 6.45) is 3.36. The molecule has 25 heavy (non-hydrogen) atoms. The van der Waals surface area contributed by atoms with Crippen LogP contribution in [-0.4, -0.2) is 27.1 Å². The molecule has 124 valence electrons. The second-order valence-electron chi connectivity index (χ2n) is 5.79. The van der Waals surface area contributed by atoms with E-state index in [-0.39, 0.29) is 5.75 Å². The minimum absolute atomic E-state index is 0.140. The molecule has 0 amide bonds. The lowest BCUT2D eigenvalue weighted by Crippen LogP contribution is -2.13. The van der Waals surface area contributed by atoms with Crippen LogP contribution in [0.4, 0.5) is 11.6 Å². The fraction of sp³-hybridized carbons (Fsp3) is 0.105. The van der Waals surface area contributed by atoms with Crippen LogP contribution in [0, 0.1) is 6.92 Å². The molecule has 6 nitrogen and oxygen atoms in total. The number of rotatable bonds is 3. The van der Waals surface area contributed by atoms with Crippen molar-refractivity contribution in [3.8, 4) is 17.2 Å². The Bertz CT molecular complexity index is 1040. The molecule has 0 aliphatic carbocycles. The molecule has 4 rings (SSSR count). The first-order chi connectivity index (χ1) is 12.1. The molecule has 0 saturated heterocycles. The molecule has 2 heterocycles. The summed E-state index contributed by atoms with van der Waals surface area (Å²) >= 11 is 0. The van der Waals surface area contributed by atoms with Gasteiger partial charge in [-0.1, -0.05) is 18.2 Å². The fourth-order valence-electron chi connectivity index (χ4n) is 2.69. The van der Waals surface area contributed by atoms with Crippen molar-refractivity contribution >= 4 is 22.7 Å². The summed E-state index contributed by atoms with van der Waals surface area (Å²) in [6.45, 7) is 2.05. The van der Waals surface area contributed by atoms with Crippen molar-refractivity contribution < 1.29 is 9.52 Å². The molecule has 0 aliphatic rings. The van der Waals surface area contributed by atoms with E-state index in [1.165, 1.54) is 6.07 Å². The summed E-state index contributed by atoms with van der Waals surface area (Å²) in [4.78, 5) is 15.2. The molecule has 0 spiro atoms. The molecular weight excluding hydrogens is 316 g/mol. The van der Waals surface area contributed by atoms with Crippen LogP contribution in [-0.2, 0) is 0 Å². The molecule has 0 unspecified atom stereocenters. The van der Waals surface area contributed by atoms with E-state index in [2.05, 4.69) is 15.0 Å². The summed E-state index contributed by atoms with van der Waals surface area (Å²) in [7, 11) is 1.93. The maximum absolute atomic E-state index is 9.52. The van der Waals surface area contributed by atoms with Gasteiger partial charge < -0.3 is 14.4 Å². The number of phenolic OH excluding ortho intramolecular Hbond substituents is 1. The van der Waals surface area contributed by atoms with E-state index in [4.69, 9.17) is 4.42 Å². The zero-order valence-electron chi connectivity index (χ0n) is 13.8. The Morgan fingerprint density at radius 2 is 1.80 bits per heavy atom. The van der Waals surface area contributed by atoms with Crippen LogP contribution in [0.15, 0.2) is 59.3 Å². The van der Waals surface area contributed by atoms with Gasteiger partial charge in [0.15, 0.2) is 5.58 Å². The van der Waals surface area contributed by atoms with E-state index in [0.29, 0.717) is 28.5 Å². The number of para-hydroxylation sites is 1. The first kappa shape index (κ1) is 15.1. The average molecular weight is 332 g/mol. The number of fused-ring (bicyclic) bond motifs is 1. The number of hydrogen-bond acceptors (Lipinski definition) is 6. The van der Waals surface area contributed by atoms with Crippen molar-refractivity contribution in [1.82, 2.24) is 15.0 Å². The maximum atomic E-state index is 9.52. The van der Waals surface area contributed by atoms with Crippen molar-refractivity contribution in [2.24, 2.45) is 0 Å². The first-order valence-electron chi connectivity index (χ1n) is 7.83. The largest absolute Gasteiger partial charge is 0.508 e. The number of aryl methyl sites for hydroxylation is 1. The molecule has 6 heteroatoms. The van der Waals surface area contributed by atoms with Gasteiger partial charge in [0.25, 0.3) is 0 Å². The molecule has 0 saturated carbocycles. The van der Waals surface area contributed by atoms with Gasteiger partial charge in [-0.05, 0) is 30.7 Å². The number of aromatic nitrogens is 3. The van der Waals surface area contributed by atoms with E-state index in [0.717, 1.165) is 11.3 Å². The summed E-state index contributed by atoms with van der Waals surface area (Å²) in [5.41, 5.74) is 4.08. The number of benzene rings is 2. The fourth-order valence-corrected chi connectivity index (χ4v) is 2.69. The SMILES string of the molecule is Cc1ccccc1N(C)c1ncc(-c2nc3ccc(O)cc3o2)cn1. The Kier molecular flexibility index (Phi) is 3.57. The average Bonchev–Trinajstić information content (AvgIpc) is 3.05. The molecule has 1 N–H and O–H groups in total. The van der Waals surface area contributed by atoms with Gasteiger partial charge in [0.05, 0.1) is 5.56 Å². The Balaban J connectivity index is 1.66. The molecule has 0 radical (unpaired) electrons. The van der Waals surface area contributed by atoms with Crippen LogP contribution in [0.25, 0.3) is 22.6 Å². The van der Waals surface area contributed by atoms with Gasteiger partial charge in [-0.3, -0.25) is 0 Å². The Labute approximate surface area is 144 Å². The second-order valence-corrected chi connectivity index (χ2v) is 5.79. The summed E-state index contributed by atoms with van der Waals surface area (Å²) in [5.74, 6) is 1.15. The van der Waals surface area contributed by atoms with Crippen molar-refractivity contribution in [3.63, 3.8) is 0 Å². The van der Waals surface area contributed by atoms with Crippen LogP contribution >= 0.6 is 0 Å². The van der Waals surface area contributed by atoms with Crippen molar-refractivity contribution in [1.29, 1.82) is 0 Å². The van der Waals surface area contributed by atoms with E-state index in [9.17, 15) is 5.11 Å². The highest BCUT2D eigenvalue weighted by atomic mass is 16.3. The van der Waals surface area contributed by atoms with Gasteiger partial charge in [-0.15, -0.1) is 0 Å². The van der Waals surface area contributed by atoms with Gasteiger partial charge in [0.1, 0.15) is 11.3 Å². The Morgan fingerprint density at radius 1 is 1.04 bits per heavy atom. The van der Waals surface area contributed by atoms with Crippen molar-refractivity contribution in [2.45, 2.75) is 6.92 Å². The number of anilines is 2. The van der Waals surface area contributed by atoms with Crippen molar-refractivity contribution in [3.05, 3.63) is 60.4 Å². The molecule has 4 aromatic rings. The van der Waals surface area contributed by atoms with E-state index in [1.54, 1.807) is 24.5 Å². The minimum Gasteiger partial charge on any atom is -0.508 e. The predicted octanol–water partition coefficient (Wildman–Crippen LogP) is 4.07. The van der Waals surface area contributed by atoms with Crippen LogP contribution in [0.3, 0.4) is 0 Å². The second kappa shape index (κ2) is 5.90. The van der Waals surface area contributed by atoms with E-state index >= 15 is 0 Å². The zero-order chi connectivity index (χ0) is 17.4. The van der Waals surface area contributed by atoms with Gasteiger partial charge in [0, 0.05) is 31.2 Å².